The third-order valence-corrected chi connectivity index (χ3v) is 5.78. The molecule has 3 aromatic rings. The zero-order chi connectivity index (χ0) is 20.4. The van der Waals surface area contributed by atoms with E-state index in [1.807, 2.05) is 6.07 Å². The van der Waals surface area contributed by atoms with Crippen molar-refractivity contribution in [1.29, 1.82) is 0 Å². The molecule has 0 unspecified atom stereocenters. The topological polar surface area (TPSA) is 51.3 Å². The van der Waals surface area contributed by atoms with E-state index in [4.69, 9.17) is 0 Å². The van der Waals surface area contributed by atoms with E-state index in [-0.39, 0.29) is 16.7 Å². The molecule has 2 aromatic carbocycles. The van der Waals surface area contributed by atoms with Gasteiger partial charge in [0.25, 0.3) is 5.69 Å². The predicted molar refractivity (Wildman–Crippen MR) is 115 cm³/mol. The fourth-order valence-corrected chi connectivity index (χ4v) is 4.26. The Kier molecular flexibility index (Phi) is 5.49. The van der Waals surface area contributed by atoms with Crippen molar-refractivity contribution in [1.82, 2.24) is 9.47 Å². The Hall–Kier alpha value is -2.92. The number of fused-ring (bicyclic) bond motifs is 1. The van der Waals surface area contributed by atoms with Crippen LogP contribution in [0.15, 0.2) is 66.9 Å². The monoisotopic (exact) mass is 389 g/mol. The maximum atomic E-state index is 11.2. The van der Waals surface area contributed by atoms with Gasteiger partial charge in [0.05, 0.1) is 11.0 Å². The lowest BCUT2D eigenvalue weighted by Crippen LogP contribution is -2.29. The SMILES string of the molecule is CC(C)c1ccc([C@H]2c3cccn3CCCN2Cc2cccc([N+](=O)[O-])c2)cc1. The van der Waals surface area contributed by atoms with Crippen molar-refractivity contribution in [3.63, 3.8) is 0 Å². The molecule has 0 spiro atoms. The lowest BCUT2D eigenvalue weighted by Gasteiger charge is -2.31. The van der Waals surface area contributed by atoms with Crippen molar-refractivity contribution < 1.29 is 4.92 Å². The molecule has 1 aromatic heterocycles. The van der Waals surface area contributed by atoms with E-state index in [1.165, 1.54) is 16.8 Å². The molecule has 0 bridgehead atoms. The minimum absolute atomic E-state index is 0.132. The second-order valence-corrected chi connectivity index (χ2v) is 8.10. The molecule has 29 heavy (non-hydrogen) atoms. The first-order valence-electron chi connectivity index (χ1n) is 10.2. The number of benzene rings is 2. The number of rotatable bonds is 5. The first-order chi connectivity index (χ1) is 14.0. The number of non-ortho nitro benzene ring substituents is 1. The highest BCUT2D eigenvalue weighted by Crippen LogP contribution is 2.34. The molecule has 0 aliphatic carbocycles. The van der Waals surface area contributed by atoms with Crippen molar-refractivity contribution in [3.05, 3.63) is 99.4 Å². The fraction of sp³-hybridized carbons (Fsp3) is 0.333. The molecule has 4 rings (SSSR count). The largest absolute Gasteiger partial charge is 0.350 e. The molecule has 1 atom stereocenters. The second kappa shape index (κ2) is 8.21. The molecule has 0 N–H and O–H groups in total. The number of nitrogens with zero attached hydrogens (tertiary/aromatic N) is 3. The summed E-state index contributed by atoms with van der Waals surface area (Å²) >= 11 is 0. The maximum absolute atomic E-state index is 11.2. The van der Waals surface area contributed by atoms with Crippen LogP contribution in [0.25, 0.3) is 0 Å². The van der Waals surface area contributed by atoms with Gasteiger partial charge in [0, 0.05) is 43.7 Å². The third-order valence-electron chi connectivity index (χ3n) is 5.78. The van der Waals surface area contributed by atoms with Gasteiger partial charge in [-0.2, -0.15) is 0 Å². The van der Waals surface area contributed by atoms with Gasteiger partial charge >= 0.3 is 0 Å². The molecule has 5 nitrogen and oxygen atoms in total. The smallest absolute Gasteiger partial charge is 0.269 e. The van der Waals surface area contributed by atoms with Crippen LogP contribution in [0.1, 0.15) is 54.6 Å². The molecule has 0 fully saturated rings. The van der Waals surface area contributed by atoms with Crippen molar-refractivity contribution in [2.24, 2.45) is 0 Å². The molecule has 0 radical (unpaired) electrons. The summed E-state index contributed by atoms with van der Waals surface area (Å²) in [5, 5.41) is 11.2. The lowest BCUT2D eigenvalue weighted by molar-refractivity contribution is -0.384. The summed E-state index contributed by atoms with van der Waals surface area (Å²) in [6.45, 7) is 7.04. The molecule has 0 amide bonds. The van der Waals surface area contributed by atoms with Gasteiger partial charge in [-0.25, -0.2) is 0 Å². The summed E-state index contributed by atoms with van der Waals surface area (Å²) in [7, 11) is 0. The molecule has 1 aliphatic heterocycles. The van der Waals surface area contributed by atoms with Gasteiger partial charge in [-0.05, 0) is 41.2 Å². The van der Waals surface area contributed by atoms with Gasteiger partial charge in [-0.15, -0.1) is 0 Å². The highest BCUT2D eigenvalue weighted by Gasteiger charge is 2.27. The normalized spacial score (nSPS) is 17.1. The highest BCUT2D eigenvalue weighted by molar-refractivity contribution is 5.36. The van der Waals surface area contributed by atoms with Crippen LogP contribution in [0.5, 0.6) is 0 Å². The van der Waals surface area contributed by atoms with Crippen LogP contribution in [-0.2, 0) is 13.1 Å². The quantitative estimate of drug-likeness (QED) is 0.427. The summed E-state index contributed by atoms with van der Waals surface area (Å²) in [6, 6.07) is 20.4. The maximum Gasteiger partial charge on any atom is 0.269 e. The molecule has 1 aliphatic rings. The Morgan fingerprint density at radius 2 is 1.86 bits per heavy atom. The Balaban J connectivity index is 1.71. The Morgan fingerprint density at radius 3 is 2.59 bits per heavy atom. The van der Waals surface area contributed by atoms with Crippen molar-refractivity contribution in [3.8, 4) is 0 Å². The van der Waals surface area contributed by atoms with Crippen LogP contribution >= 0.6 is 0 Å². The lowest BCUT2D eigenvalue weighted by atomic mass is 9.96. The summed E-state index contributed by atoms with van der Waals surface area (Å²) in [6.07, 6.45) is 3.21. The van der Waals surface area contributed by atoms with E-state index in [9.17, 15) is 10.1 Å². The first-order valence-corrected chi connectivity index (χ1v) is 10.2. The molecule has 150 valence electrons. The standard InChI is InChI=1S/C24H27N3O2/c1-18(2)20-9-11-21(12-10-20)24-23-8-4-13-25(23)14-5-15-26(24)17-19-6-3-7-22(16-19)27(28)29/h3-4,6-13,16,18,24H,5,14-15,17H2,1-2H3/t24-/m0/s1. The van der Waals surface area contributed by atoms with Crippen molar-refractivity contribution in [2.45, 2.75) is 45.3 Å². The number of hydrogen-bond acceptors (Lipinski definition) is 3. The number of hydrogen-bond donors (Lipinski definition) is 0. The zero-order valence-electron chi connectivity index (χ0n) is 17.0. The van der Waals surface area contributed by atoms with Crippen LogP contribution in [0.3, 0.4) is 0 Å². The van der Waals surface area contributed by atoms with E-state index in [0.717, 1.165) is 25.1 Å². The number of aryl methyl sites for hydroxylation is 1. The van der Waals surface area contributed by atoms with Gasteiger partial charge in [0.2, 0.25) is 0 Å². The zero-order valence-corrected chi connectivity index (χ0v) is 17.0. The molecule has 0 saturated carbocycles. The van der Waals surface area contributed by atoms with Crippen LogP contribution < -0.4 is 0 Å². The predicted octanol–water partition coefficient (Wildman–Crippen LogP) is 5.52. The molecule has 2 heterocycles. The number of aromatic nitrogens is 1. The van der Waals surface area contributed by atoms with Crippen LogP contribution in [0.4, 0.5) is 5.69 Å². The van der Waals surface area contributed by atoms with E-state index < -0.39 is 0 Å². The minimum Gasteiger partial charge on any atom is -0.350 e. The Labute approximate surface area is 171 Å². The summed E-state index contributed by atoms with van der Waals surface area (Å²) in [4.78, 5) is 13.3. The minimum atomic E-state index is -0.320. The summed E-state index contributed by atoms with van der Waals surface area (Å²) < 4.78 is 2.34. The summed E-state index contributed by atoms with van der Waals surface area (Å²) in [5.41, 5.74) is 5.01. The fourth-order valence-electron chi connectivity index (χ4n) is 4.26. The van der Waals surface area contributed by atoms with Crippen LogP contribution in [-0.4, -0.2) is 20.9 Å². The summed E-state index contributed by atoms with van der Waals surface area (Å²) in [5.74, 6) is 0.503. The molecule has 5 heteroatoms. The highest BCUT2D eigenvalue weighted by atomic mass is 16.6. The van der Waals surface area contributed by atoms with Gasteiger partial charge in [-0.3, -0.25) is 15.0 Å². The van der Waals surface area contributed by atoms with Crippen molar-refractivity contribution in [2.75, 3.05) is 6.54 Å². The molecular weight excluding hydrogens is 362 g/mol. The van der Waals surface area contributed by atoms with Crippen LogP contribution in [0, 0.1) is 10.1 Å². The average molecular weight is 389 g/mol. The Morgan fingerprint density at radius 1 is 1.07 bits per heavy atom. The number of nitro benzene ring substituents is 1. The van der Waals surface area contributed by atoms with Gasteiger partial charge in [0.15, 0.2) is 0 Å². The molecule has 0 saturated heterocycles. The third kappa shape index (κ3) is 4.10. The molecular formula is C24H27N3O2. The Bertz CT molecular complexity index is 991. The van der Waals surface area contributed by atoms with E-state index in [2.05, 4.69) is 65.9 Å². The van der Waals surface area contributed by atoms with Gasteiger partial charge in [-0.1, -0.05) is 50.2 Å². The average Bonchev–Trinajstić information content (AvgIpc) is 3.10. The first kappa shape index (κ1) is 19.4. The van der Waals surface area contributed by atoms with Gasteiger partial charge < -0.3 is 4.57 Å². The number of nitro groups is 1. The van der Waals surface area contributed by atoms with E-state index in [1.54, 1.807) is 18.2 Å². The van der Waals surface area contributed by atoms with Gasteiger partial charge in [0.1, 0.15) is 0 Å². The second-order valence-electron chi connectivity index (χ2n) is 8.10. The van der Waals surface area contributed by atoms with E-state index >= 15 is 0 Å². The van der Waals surface area contributed by atoms with Crippen LogP contribution in [0.2, 0.25) is 0 Å². The van der Waals surface area contributed by atoms with Crippen molar-refractivity contribution >= 4 is 5.69 Å². The van der Waals surface area contributed by atoms with E-state index in [0.29, 0.717) is 12.5 Å².